The lowest BCUT2D eigenvalue weighted by atomic mass is 10.1. The van der Waals surface area contributed by atoms with E-state index in [1.165, 1.54) is 12.1 Å². The molecule has 0 radical (unpaired) electrons. The summed E-state index contributed by atoms with van der Waals surface area (Å²) in [6.45, 7) is 0.942. The van der Waals surface area contributed by atoms with Gasteiger partial charge in [-0.3, -0.25) is 9.59 Å². The van der Waals surface area contributed by atoms with Gasteiger partial charge in [0.1, 0.15) is 6.54 Å². The summed E-state index contributed by atoms with van der Waals surface area (Å²) < 4.78 is 30.9. The van der Waals surface area contributed by atoms with Crippen molar-refractivity contribution in [2.75, 3.05) is 18.5 Å². The van der Waals surface area contributed by atoms with Crippen LogP contribution >= 0.6 is 0 Å². The lowest BCUT2D eigenvalue weighted by molar-refractivity contribution is -0.146. The Kier molecular flexibility index (Phi) is 6.88. The van der Waals surface area contributed by atoms with E-state index in [0.29, 0.717) is 5.69 Å². The van der Waals surface area contributed by atoms with Crippen LogP contribution in [0.5, 0.6) is 0 Å². The Balaban J connectivity index is 1.78. The smallest absolute Gasteiger partial charge is 0.321 e. The van der Waals surface area contributed by atoms with Crippen molar-refractivity contribution in [3.63, 3.8) is 0 Å². The molecule has 0 aliphatic carbocycles. The lowest BCUT2D eigenvalue weighted by Gasteiger charge is -2.09. The van der Waals surface area contributed by atoms with Crippen LogP contribution in [0.3, 0.4) is 0 Å². The van der Waals surface area contributed by atoms with E-state index in [0.717, 1.165) is 12.0 Å². The summed E-state index contributed by atoms with van der Waals surface area (Å²) >= 11 is 0. The molecule has 2 rings (SSSR count). The van der Waals surface area contributed by atoms with Crippen LogP contribution in [-0.4, -0.2) is 33.4 Å². The molecular formula is C18H20N2O5S. The number of carbonyl (C=O) groups is 2. The third kappa shape index (κ3) is 5.98. The van der Waals surface area contributed by atoms with Crippen LogP contribution in [-0.2, 0) is 30.8 Å². The van der Waals surface area contributed by atoms with Crippen molar-refractivity contribution in [3.8, 4) is 0 Å². The molecule has 1 amide bonds. The van der Waals surface area contributed by atoms with Crippen LogP contribution in [0.4, 0.5) is 5.69 Å². The number of hydrogen-bond acceptors (Lipinski definition) is 5. The number of anilines is 1. The minimum atomic E-state index is -3.80. The summed E-state index contributed by atoms with van der Waals surface area (Å²) in [6, 6.07) is 15.0. The predicted molar refractivity (Wildman–Crippen MR) is 97.0 cm³/mol. The van der Waals surface area contributed by atoms with Crippen LogP contribution < -0.4 is 10.0 Å². The highest BCUT2D eigenvalue weighted by atomic mass is 32.2. The molecule has 0 saturated heterocycles. The lowest BCUT2D eigenvalue weighted by Crippen LogP contribution is -2.32. The zero-order chi connectivity index (χ0) is 19.0. The topological polar surface area (TPSA) is 102 Å². The van der Waals surface area contributed by atoms with E-state index in [9.17, 15) is 18.0 Å². The Morgan fingerprint density at radius 2 is 1.77 bits per heavy atom. The molecule has 8 heteroatoms. The van der Waals surface area contributed by atoms with E-state index < -0.39 is 35.1 Å². The van der Waals surface area contributed by atoms with Crippen molar-refractivity contribution in [1.82, 2.24) is 4.72 Å². The van der Waals surface area contributed by atoms with Crippen molar-refractivity contribution >= 4 is 27.6 Å². The first-order valence-electron chi connectivity index (χ1n) is 8.00. The summed E-state index contributed by atoms with van der Waals surface area (Å²) in [5, 5.41) is 2.62. The van der Waals surface area contributed by atoms with Gasteiger partial charge >= 0.3 is 5.97 Å². The number of amides is 1. The van der Waals surface area contributed by atoms with E-state index >= 15 is 0 Å². The highest BCUT2D eigenvalue weighted by Crippen LogP contribution is 2.11. The van der Waals surface area contributed by atoms with Crippen molar-refractivity contribution in [2.24, 2.45) is 0 Å². The third-order valence-corrected chi connectivity index (χ3v) is 4.86. The summed E-state index contributed by atoms with van der Waals surface area (Å²) in [5.41, 5.74) is 1.67. The van der Waals surface area contributed by atoms with Gasteiger partial charge < -0.3 is 10.1 Å². The summed E-state index contributed by atoms with van der Waals surface area (Å²) in [4.78, 5) is 23.5. The number of benzene rings is 2. The molecule has 0 fully saturated rings. The molecule has 2 aromatic rings. The van der Waals surface area contributed by atoms with Crippen molar-refractivity contribution in [2.45, 2.75) is 18.2 Å². The molecule has 0 aromatic heterocycles. The first kappa shape index (κ1) is 19.6. The molecule has 0 aliphatic heterocycles. The van der Waals surface area contributed by atoms with Crippen LogP contribution in [0.1, 0.15) is 12.5 Å². The van der Waals surface area contributed by atoms with E-state index in [-0.39, 0.29) is 4.90 Å². The van der Waals surface area contributed by atoms with Crippen LogP contribution in [0.2, 0.25) is 0 Å². The number of nitrogens with one attached hydrogen (secondary N) is 2. The van der Waals surface area contributed by atoms with Gasteiger partial charge in [-0.25, -0.2) is 8.42 Å². The summed E-state index contributed by atoms with van der Waals surface area (Å²) in [5.74, 6) is -1.35. The van der Waals surface area contributed by atoms with E-state index in [1.54, 1.807) is 24.3 Å². The predicted octanol–water partition coefficient (Wildman–Crippen LogP) is 1.71. The number of esters is 1. The molecule has 0 atom stereocenters. The number of aryl methyl sites for hydroxylation is 1. The second kappa shape index (κ2) is 9.12. The van der Waals surface area contributed by atoms with Gasteiger partial charge in [0.25, 0.3) is 5.91 Å². The Hall–Kier alpha value is -2.71. The van der Waals surface area contributed by atoms with Gasteiger partial charge in [0.2, 0.25) is 10.0 Å². The Bertz CT molecular complexity index is 866. The molecule has 0 unspecified atom stereocenters. The second-order valence-electron chi connectivity index (χ2n) is 5.40. The number of rotatable bonds is 8. The van der Waals surface area contributed by atoms with Crippen LogP contribution in [0.25, 0.3) is 0 Å². The van der Waals surface area contributed by atoms with Gasteiger partial charge in [0, 0.05) is 5.69 Å². The van der Waals surface area contributed by atoms with Gasteiger partial charge in [-0.05, 0) is 36.2 Å². The van der Waals surface area contributed by atoms with Gasteiger partial charge in [-0.1, -0.05) is 37.3 Å². The molecule has 0 aliphatic rings. The SMILES string of the molecule is CCc1cccc(NC(=O)COC(=O)CNS(=O)(=O)c2ccccc2)c1. The van der Waals surface area contributed by atoms with Gasteiger partial charge in [0.05, 0.1) is 4.90 Å². The van der Waals surface area contributed by atoms with Crippen molar-refractivity contribution in [1.29, 1.82) is 0 Å². The fourth-order valence-electron chi connectivity index (χ4n) is 2.10. The maximum atomic E-state index is 12.0. The quantitative estimate of drug-likeness (QED) is 0.683. The summed E-state index contributed by atoms with van der Waals surface area (Å²) in [6.07, 6.45) is 0.834. The maximum absolute atomic E-state index is 12.0. The van der Waals surface area contributed by atoms with Crippen LogP contribution in [0.15, 0.2) is 59.5 Å². The molecule has 0 heterocycles. The first-order valence-corrected chi connectivity index (χ1v) is 9.48. The Morgan fingerprint density at radius 1 is 1.04 bits per heavy atom. The van der Waals surface area contributed by atoms with Crippen molar-refractivity contribution < 1.29 is 22.7 Å². The van der Waals surface area contributed by atoms with Crippen molar-refractivity contribution in [3.05, 3.63) is 60.2 Å². The molecular weight excluding hydrogens is 356 g/mol. The molecule has 0 spiro atoms. The molecule has 2 aromatic carbocycles. The zero-order valence-electron chi connectivity index (χ0n) is 14.3. The Morgan fingerprint density at radius 3 is 2.46 bits per heavy atom. The average Bonchev–Trinajstić information content (AvgIpc) is 2.65. The molecule has 7 nitrogen and oxygen atoms in total. The first-order chi connectivity index (χ1) is 12.4. The molecule has 0 saturated carbocycles. The van der Waals surface area contributed by atoms with Gasteiger partial charge in [0.15, 0.2) is 6.61 Å². The van der Waals surface area contributed by atoms with E-state index in [1.807, 2.05) is 25.1 Å². The number of carbonyl (C=O) groups excluding carboxylic acids is 2. The van der Waals surface area contributed by atoms with Gasteiger partial charge in [-0.15, -0.1) is 0 Å². The monoisotopic (exact) mass is 376 g/mol. The standard InChI is InChI=1S/C18H20N2O5S/c1-2-14-7-6-8-15(11-14)20-17(21)13-25-18(22)12-19-26(23,24)16-9-4-3-5-10-16/h3-11,19H,2,12-13H2,1H3,(H,20,21). The number of hydrogen-bond donors (Lipinski definition) is 2. The average molecular weight is 376 g/mol. The maximum Gasteiger partial charge on any atom is 0.321 e. The molecule has 26 heavy (non-hydrogen) atoms. The molecule has 0 bridgehead atoms. The zero-order valence-corrected chi connectivity index (χ0v) is 15.1. The normalized spacial score (nSPS) is 11.0. The molecule has 2 N–H and O–H groups in total. The fraction of sp³-hybridized carbons (Fsp3) is 0.222. The number of sulfonamides is 1. The highest BCUT2D eigenvalue weighted by Gasteiger charge is 2.16. The minimum absolute atomic E-state index is 0.0429. The Labute approximate surface area is 152 Å². The van der Waals surface area contributed by atoms with E-state index in [4.69, 9.17) is 4.74 Å². The minimum Gasteiger partial charge on any atom is -0.455 e. The third-order valence-electron chi connectivity index (χ3n) is 3.44. The van der Waals surface area contributed by atoms with Crippen LogP contribution in [0, 0.1) is 0 Å². The number of ether oxygens (including phenoxy) is 1. The summed E-state index contributed by atoms with van der Waals surface area (Å²) in [7, 11) is -3.80. The van der Waals surface area contributed by atoms with Gasteiger partial charge in [-0.2, -0.15) is 4.72 Å². The largest absolute Gasteiger partial charge is 0.455 e. The fourth-order valence-corrected chi connectivity index (χ4v) is 3.09. The highest BCUT2D eigenvalue weighted by molar-refractivity contribution is 7.89. The van der Waals surface area contributed by atoms with E-state index in [2.05, 4.69) is 10.0 Å². The molecule has 138 valence electrons. The second-order valence-corrected chi connectivity index (χ2v) is 7.17.